The number of aliphatic hydroxyl groups excluding tert-OH is 2. The Bertz CT molecular complexity index is 1000. The van der Waals surface area contributed by atoms with Crippen LogP contribution >= 0.6 is 0 Å². The minimum absolute atomic E-state index is 0.0241. The number of hydrogen-bond donors (Lipinski definition) is 3. The average Bonchev–Trinajstić information content (AvgIpc) is 2.77. The minimum Gasteiger partial charge on any atom is -0.506 e. The summed E-state index contributed by atoms with van der Waals surface area (Å²) in [6.07, 6.45) is -5.70. The van der Waals surface area contributed by atoms with Crippen molar-refractivity contribution in [2.75, 3.05) is 20.3 Å². The Hall–Kier alpha value is -3.02. The fourth-order valence-corrected chi connectivity index (χ4v) is 4.10. The lowest BCUT2D eigenvalue weighted by Crippen LogP contribution is -2.65. The van der Waals surface area contributed by atoms with E-state index in [1.807, 2.05) is 13.8 Å². The van der Waals surface area contributed by atoms with Crippen LogP contribution in [0.15, 0.2) is 17.7 Å². The second-order valence-corrected chi connectivity index (χ2v) is 9.43. The second-order valence-electron chi connectivity index (χ2n) is 9.43. The van der Waals surface area contributed by atoms with Gasteiger partial charge in [0, 0.05) is 12.7 Å². The zero-order valence-corrected chi connectivity index (χ0v) is 20.7. The summed E-state index contributed by atoms with van der Waals surface area (Å²) in [5.41, 5.74) is 5.00. The van der Waals surface area contributed by atoms with Crippen molar-refractivity contribution in [3.63, 3.8) is 0 Å². The number of carbonyl (C=O) groups is 2. The lowest BCUT2D eigenvalue weighted by molar-refractivity contribution is -0.304. The predicted octanol–water partition coefficient (Wildman–Crippen LogP) is 2.21. The fraction of sp³-hybridized carbons (Fsp3) is 0.583. The van der Waals surface area contributed by atoms with E-state index in [0.29, 0.717) is 16.9 Å². The van der Waals surface area contributed by atoms with Gasteiger partial charge in [-0.05, 0) is 38.8 Å². The molecule has 1 fully saturated rings. The van der Waals surface area contributed by atoms with Crippen LogP contribution in [-0.4, -0.2) is 72.8 Å². The number of carbonyl (C=O) groups excluding carboxylic acids is 2. The van der Waals surface area contributed by atoms with Gasteiger partial charge in [-0.3, -0.25) is 0 Å². The van der Waals surface area contributed by atoms with Gasteiger partial charge in [0.05, 0.1) is 17.8 Å². The van der Waals surface area contributed by atoms with Gasteiger partial charge in [0.15, 0.2) is 12.2 Å². The first-order valence-electron chi connectivity index (χ1n) is 11.2. The molecule has 4 atom stereocenters. The Balaban J connectivity index is 1.86. The summed E-state index contributed by atoms with van der Waals surface area (Å²) in [5.74, 6) is -0.132. The third-order valence-corrected chi connectivity index (χ3v) is 5.82. The van der Waals surface area contributed by atoms with Crippen molar-refractivity contribution in [3.05, 3.63) is 28.8 Å². The number of amides is 1. The van der Waals surface area contributed by atoms with Crippen LogP contribution in [-0.2, 0) is 23.7 Å². The molecule has 11 nitrogen and oxygen atoms in total. The highest BCUT2D eigenvalue weighted by molar-refractivity contribution is 5.97. The SMILES string of the molecule is CO[C@@H]1[C@@H](OC(N)=O)[C@@H](O)[C@H](Oc2ccc3c(c2C)OCC(C(=O)OCC(C)C)=C3O)OC1(C)C. The van der Waals surface area contributed by atoms with Gasteiger partial charge in [-0.25, -0.2) is 9.59 Å². The van der Waals surface area contributed by atoms with Gasteiger partial charge < -0.3 is 44.4 Å². The summed E-state index contributed by atoms with van der Waals surface area (Å²) in [6.45, 7) is 8.95. The molecule has 0 saturated carbocycles. The van der Waals surface area contributed by atoms with Gasteiger partial charge in [0.25, 0.3) is 0 Å². The molecule has 0 aliphatic carbocycles. The molecule has 0 spiro atoms. The smallest absolute Gasteiger partial charge is 0.404 e. The number of methoxy groups -OCH3 is 1. The molecule has 11 heteroatoms. The van der Waals surface area contributed by atoms with Crippen molar-refractivity contribution >= 4 is 17.8 Å². The molecular formula is C24H33NO10. The third kappa shape index (κ3) is 5.47. The number of ether oxygens (including phenoxy) is 6. The van der Waals surface area contributed by atoms with Gasteiger partial charge in [-0.2, -0.15) is 0 Å². The number of aliphatic hydroxyl groups is 2. The average molecular weight is 496 g/mol. The summed E-state index contributed by atoms with van der Waals surface area (Å²) >= 11 is 0. The predicted molar refractivity (Wildman–Crippen MR) is 123 cm³/mol. The first kappa shape index (κ1) is 26.6. The van der Waals surface area contributed by atoms with Gasteiger partial charge in [0.1, 0.15) is 35.5 Å². The number of hydrogen-bond acceptors (Lipinski definition) is 10. The van der Waals surface area contributed by atoms with E-state index in [0.717, 1.165) is 0 Å². The van der Waals surface area contributed by atoms with Crippen LogP contribution in [0.5, 0.6) is 11.5 Å². The molecule has 1 aromatic carbocycles. The van der Waals surface area contributed by atoms with Crippen LogP contribution in [0.2, 0.25) is 0 Å². The number of nitrogens with two attached hydrogens (primary N) is 1. The molecule has 2 heterocycles. The molecule has 194 valence electrons. The van der Waals surface area contributed by atoms with Gasteiger partial charge >= 0.3 is 12.1 Å². The third-order valence-electron chi connectivity index (χ3n) is 5.82. The van der Waals surface area contributed by atoms with Crippen LogP contribution in [0.4, 0.5) is 4.79 Å². The number of benzene rings is 1. The largest absolute Gasteiger partial charge is 0.506 e. The van der Waals surface area contributed by atoms with E-state index in [2.05, 4.69) is 0 Å². The molecule has 0 radical (unpaired) electrons. The normalized spacial score (nSPS) is 25.5. The van der Waals surface area contributed by atoms with E-state index in [9.17, 15) is 19.8 Å². The summed E-state index contributed by atoms with van der Waals surface area (Å²) in [4.78, 5) is 23.8. The molecular weight excluding hydrogens is 462 g/mol. The van der Waals surface area contributed by atoms with E-state index >= 15 is 0 Å². The molecule has 1 saturated heterocycles. The monoisotopic (exact) mass is 495 g/mol. The topological polar surface area (TPSA) is 156 Å². The number of primary amides is 1. The van der Waals surface area contributed by atoms with E-state index in [4.69, 9.17) is 34.2 Å². The minimum atomic E-state index is -1.42. The van der Waals surface area contributed by atoms with Crippen molar-refractivity contribution < 1.29 is 48.2 Å². The van der Waals surface area contributed by atoms with Crippen molar-refractivity contribution in [2.45, 2.75) is 64.8 Å². The molecule has 2 aliphatic rings. The molecule has 4 N–H and O–H groups in total. The van der Waals surface area contributed by atoms with E-state index in [1.165, 1.54) is 13.2 Å². The second kappa shape index (κ2) is 10.3. The van der Waals surface area contributed by atoms with Gasteiger partial charge in [-0.15, -0.1) is 0 Å². The Morgan fingerprint density at radius 1 is 1.29 bits per heavy atom. The van der Waals surface area contributed by atoms with Crippen LogP contribution in [0.3, 0.4) is 0 Å². The van der Waals surface area contributed by atoms with E-state index in [1.54, 1.807) is 26.8 Å². The van der Waals surface area contributed by atoms with Gasteiger partial charge in [-0.1, -0.05) is 13.8 Å². The number of rotatable bonds is 7. The highest BCUT2D eigenvalue weighted by Gasteiger charge is 2.53. The number of fused-ring (bicyclic) bond motifs is 1. The molecule has 3 rings (SSSR count). The Labute approximate surface area is 203 Å². The van der Waals surface area contributed by atoms with E-state index < -0.39 is 42.3 Å². The van der Waals surface area contributed by atoms with Crippen LogP contribution < -0.4 is 15.2 Å². The summed E-state index contributed by atoms with van der Waals surface area (Å²) in [6, 6.07) is 3.07. The first-order chi connectivity index (χ1) is 16.4. The Kier molecular flexibility index (Phi) is 7.83. The zero-order chi connectivity index (χ0) is 26.1. The highest BCUT2D eigenvalue weighted by Crippen LogP contribution is 2.41. The lowest BCUT2D eigenvalue weighted by Gasteiger charge is -2.47. The first-order valence-corrected chi connectivity index (χ1v) is 11.2. The molecule has 1 aromatic rings. The molecule has 1 amide bonds. The maximum atomic E-state index is 12.3. The zero-order valence-electron chi connectivity index (χ0n) is 20.7. The van der Waals surface area contributed by atoms with Crippen LogP contribution in [0.1, 0.15) is 38.8 Å². The van der Waals surface area contributed by atoms with Gasteiger partial charge in [0.2, 0.25) is 6.29 Å². The summed E-state index contributed by atoms with van der Waals surface area (Å²) < 4.78 is 33.4. The van der Waals surface area contributed by atoms with Crippen molar-refractivity contribution in [1.82, 2.24) is 0 Å². The Morgan fingerprint density at radius 2 is 1.97 bits per heavy atom. The maximum Gasteiger partial charge on any atom is 0.404 e. The fourth-order valence-electron chi connectivity index (χ4n) is 4.10. The molecule has 0 unspecified atom stereocenters. The quantitative estimate of drug-likeness (QED) is 0.479. The summed E-state index contributed by atoms with van der Waals surface area (Å²) in [7, 11) is 1.40. The van der Waals surface area contributed by atoms with E-state index in [-0.39, 0.29) is 36.2 Å². The van der Waals surface area contributed by atoms with Crippen LogP contribution in [0.25, 0.3) is 5.76 Å². The summed E-state index contributed by atoms with van der Waals surface area (Å²) in [5, 5.41) is 21.5. The highest BCUT2D eigenvalue weighted by atomic mass is 16.7. The van der Waals surface area contributed by atoms with Crippen molar-refractivity contribution in [3.8, 4) is 11.5 Å². The maximum absolute atomic E-state index is 12.3. The standard InChI is InChI=1S/C24H33NO10/c1-11(2)9-32-21(28)14-10-31-18-12(3)15(8-7-13(18)16(14)26)33-22-17(27)19(34-23(25)29)20(30-6)24(4,5)35-22/h7-8,11,17,19-20,22,26-27H,9-10H2,1-6H3,(H2,25,29)/t17-,19+,20-,22-/m1/s1. The molecule has 0 bridgehead atoms. The lowest BCUT2D eigenvalue weighted by atomic mass is 9.89. The van der Waals surface area contributed by atoms with Crippen LogP contribution in [0, 0.1) is 12.8 Å². The van der Waals surface area contributed by atoms with Crippen molar-refractivity contribution in [2.24, 2.45) is 11.7 Å². The molecule has 0 aromatic heterocycles. The molecule has 35 heavy (non-hydrogen) atoms. The molecule has 2 aliphatic heterocycles. The van der Waals surface area contributed by atoms with Crippen molar-refractivity contribution in [1.29, 1.82) is 0 Å². The number of esters is 1. The Morgan fingerprint density at radius 3 is 2.57 bits per heavy atom.